The fraction of sp³-hybridized carbons (Fsp3) is 0.417. The normalized spacial score (nSPS) is 19.2. The van der Waals surface area contributed by atoms with Gasteiger partial charge in [-0.05, 0) is 48.2 Å². The van der Waals surface area contributed by atoms with Crippen molar-refractivity contribution in [3.05, 3.63) is 53.3 Å². The lowest BCUT2D eigenvalue weighted by Gasteiger charge is -2.32. The molecule has 1 atom stereocenters. The van der Waals surface area contributed by atoms with Crippen molar-refractivity contribution >= 4 is 27.7 Å². The van der Waals surface area contributed by atoms with Gasteiger partial charge in [-0.2, -0.15) is 8.42 Å². The number of nitrogens with one attached hydrogen (secondary N) is 2. The largest absolute Gasteiger partial charge is 0.497 e. The van der Waals surface area contributed by atoms with Crippen molar-refractivity contribution < 1.29 is 31.9 Å². The maximum absolute atomic E-state index is 15.4. The number of hydrogen-bond donors (Lipinski definition) is 2. The Labute approximate surface area is 209 Å². The first-order chi connectivity index (χ1) is 17.2. The summed E-state index contributed by atoms with van der Waals surface area (Å²) in [4.78, 5) is 25.3. The molecule has 36 heavy (non-hydrogen) atoms. The quantitative estimate of drug-likeness (QED) is 0.544. The van der Waals surface area contributed by atoms with Crippen LogP contribution in [-0.4, -0.2) is 57.9 Å². The number of benzene rings is 2. The van der Waals surface area contributed by atoms with E-state index in [1.54, 1.807) is 42.3 Å². The van der Waals surface area contributed by atoms with Gasteiger partial charge in [0.05, 0.1) is 7.11 Å². The molecule has 2 fully saturated rings. The number of hydrogen-bond acceptors (Lipinski definition) is 7. The van der Waals surface area contributed by atoms with Crippen LogP contribution in [0.1, 0.15) is 30.9 Å². The fourth-order valence-corrected chi connectivity index (χ4v) is 5.47. The average molecular weight is 521 g/mol. The summed E-state index contributed by atoms with van der Waals surface area (Å²) in [6.07, 6.45) is 1.75. The van der Waals surface area contributed by atoms with E-state index in [1.165, 1.54) is 13.0 Å². The number of nitrogens with zero attached hydrogens (tertiary/aromatic N) is 2. The maximum atomic E-state index is 15.4. The molecule has 2 aliphatic heterocycles. The third kappa shape index (κ3) is 5.88. The van der Waals surface area contributed by atoms with Gasteiger partial charge in [-0.15, -0.1) is 0 Å². The third-order valence-electron chi connectivity index (χ3n) is 6.17. The van der Waals surface area contributed by atoms with E-state index in [2.05, 4.69) is 5.32 Å². The first kappa shape index (κ1) is 25.7. The minimum Gasteiger partial charge on any atom is -0.497 e. The molecule has 2 amide bonds. The molecule has 2 N–H and O–H groups in total. The average Bonchev–Trinajstić information content (AvgIpc) is 3.12. The Balaban J connectivity index is 1.57. The van der Waals surface area contributed by atoms with Crippen LogP contribution in [0.2, 0.25) is 0 Å². The summed E-state index contributed by atoms with van der Waals surface area (Å²) >= 11 is 0. The molecular weight excluding hydrogens is 491 g/mol. The predicted octanol–water partition coefficient (Wildman–Crippen LogP) is 1.69. The number of ether oxygens (including phenoxy) is 2. The van der Waals surface area contributed by atoms with Crippen molar-refractivity contribution in [3.8, 4) is 11.5 Å². The first-order valence-electron chi connectivity index (χ1n) is 11.6. The molecule has 2 aromatic rings. The highest BCUT2D eigenvalue weighted by Gasteiger charge is 2.38. The standard InChI is InChI=1S/C24H29FN4O6S/c1-16(30)28-9-3-4-19(13-28)26-12-18-10-21(25)24(29-14-23(31)27-36(29,32)33)22(11-18)35-15-17-5-7-20(34-2)8-6-17/h5-8,10-11,19,26H,3-4,9,12-15H2,1-2H3,(H,27,31)/t19-/m1/s1. The van der Waals surface area contributed by atoms with Crippen LogP contribution in [0, 0.1) is 5.82 Å². The van der Waals surface area contributed by atoms with Crippen molar-refractivity contribution in [2.75, 3.05) is 31.0 Å². The van der Waals surface area contributed by atoms with Crippen molar-refractivity contribution in [1.82, 2.24) is 14.9 Å². The topological polar surface area (TPSA) is 117 Å². The number of carbonyl (C=O) groups excluding carboxylic acids is 2. The van der Waals surface area contributed by atoms with Crippen LogP contribution in [-0.2, 0) is 33.0 Å². The van der Waals surface area contributed by atoms with E-state index in [9.17, 15) is 18.0 Å². The Kier molecular flexibility index (Phi) is 7.65. The highest BCUT2D eigenvalue weighted by molar-refractivity contribution is 7.92. The zero-order valence-electron chi connectivity index (χ0n) is 20.1. The van der Waals surface area contributed by atoms with Crippen molar-refractivity contribution in [1.29, 1.82) is 0 Å². The summed E-state index contributed by atoms with van der Waals surface area (Å²) in [6, 6.07) is 9.91. The monoisotopic (exact) mass is 520 g/mol. The molecule has 2 heterocycles. The molecule has 194 valence electrons. The molecule has 0 radical (unpaired) electrons. The minimum absolute atomic E-state index is 0.00306. The van der Waals surface area contributed by atoms with Gasteiger partial charge in [-0.1, -0.05) is 12.1 Å². The molecule has 2 aliphatic rings. The van der Waals surface area contributed by atoms with Gasteiger partial charge in [-0.25, -0.2) is 13.4 Å². The number of rotatable bonds is 8. The Morgan fingerprint density at radius 3 is 2.61 bits per heavy atom. The number of likely N-dealkylation sites (tertiary alicyclic amines) is 1. The van der Waals surface area contributed by atoms with Gasteiger partial charge in [0.2, 0.25) is 5.91 Å². The summed E-state index contributed by atoms with van der Waals surface area (Å²) in [5, 5.41) is 3.35. The summed E-state index contributed by atoms with van der Waals surface area (Å²) in [5.41, 5.74) is 0.971. The molecule has 10 nitrogen and oxygen atoms in total. The molecule has 0 saturated carbocycles. The highest BCUT2D eigenvalue weighted by atomic mass is 32.2. The zero-order chi connectivity index (χ0) is 25.9. The molecule has 2 saturated heterocycles. The number of carbonyl (C=O) groups is 2. The van der Waals surface area contributed by atoms with Crippen LogP contribution in [0.5, 0.6) is 11.5 Å². The van der Waals surface area contributed by atoms with Gasteiger partial charge in [-0.3, -0.25) is 9.59 Å². The van der Waals surface area contributed by atoms with Gasteiger partial charge >= 0.3 is 10.2 Å². The van der Waals surface area contributed by atoms with Crippen LogP contribution in [0.3, 0.4) is 0 Å². The number of anilines is 1. The number of halogens is 1. The van der Waals surface area contributed by atoms with E-state index in [0.717, 1.165) is 24.9 Å². The molecular formula is C24H29FN4O6S. The molecule has 0 bridgehead atoms. The van der Waals surface area contributed by atoms with Crippen LogP contribution < -0.4 is 23.8 Å². The SMILES string of the molecule is COc1ccc(COc2cc(CN[C@@H]3CCCN(C(C)=O)C3)cc(F)c2N2CC(=O)NS2(=O)=O)cc1. The molecule has 4 rings (SSSR count). The second kappa shape index (κ2) is 10.7. The summed E-state index contributed by atoms with van der Waals surface area (Å²) in [7, 11) is -2.69. The van der Waals surface area contributed by atoms with Crippen LogP contribution in [0.25, 0.3) is 0 Å². The Morgan fingerprint density at radius 2 is 1.97 bits per heavy atom. The van der Waals surface area contributed by atoms with E-state index in [4.69, 9.17) is 9.47 Å². The highest BCUT2D eigenvalue weighted by Crippen LogP contribution is 2.36. The van der Waals surface area contributed by atoms with Crippen LogP contribution >= 0.6 is 0 Å². The molecule has 0 aliphatic carbocycles. The van der Waals surface area contributed by atoms with E-state index >= 15 is 4.39 Å². The van der Waals surface area contributed by atoms with Gasteiger partial charge in [0.1, 0.15) is 30.3 Å². The van der Waals surface area contributed by atoms with E-state index in [-0.39, 0.29) is 36.5 Å². The number of amides is 2. The van der Waals surface area contributed by atoms with E-state index in [1.807, 2.05) is 4.72 Å². The van der Waals surface area contributed by atoms with Gasteiger partial charge in [0.15, 0.2) is 5.82 Å². The summed E-state index contributed by atoms with van der Waals surface area (Å²) < 4.78 is 53.8. The zero-order valence-corrected chi connectivity index (χ0v) is 20.9. The smallest absolute Gasteiger partial charge is 0.326 e. The molecule has 12 heteroatoms. The Morgan fingerprint density at radius 1 is 1.22 bits per heavy atom. The molecule has 0 spiro atoms. The maximum Gasteiger partial charge on any atom is 0.326 e. The van der Waals surface area contributed by atoms with Crippen molar-refractivity contribution in [2.45, 2.75) is 39.0 Å². The molecule has 0 unspecified atom stereocenters. The fourth-order valence-electron chi connectivity index (χ4n) is 4.30. The predicted molar refractivity (Wildman–Crippen MR) is 130 cm³/mol. The molecule has 0 aromatic heterocycles. The Bertz CT molecular complexity index is 1240. The Hall–Kier alpha value is -3.38. The lowest BCUT2D eigenvalue weighted by molar-refractivity contribution is -0.130. The second-order valence-corrected chi connectivity index (χ2v) is 10.4. The van der Waals surface area contributed by atoms with Crippen LogP contribution in [0.15, 0.2) is 36.4 Å². The minimum atomic E-state index is -4.24. The van der Waals surface area contributed by atoms with Gasteiger partial charge in [0, 0.05) is 32.6 Å². The third-order valence-corrected chi connectivity index (χ3v) is 7.55. The number of methoxy groups -OCH3 is 1. The van der Waals surface area contributed by atoms with Crippen molar-refractivity contribution in [3.63, 3.8) is 0 Å². The van der Waals surface area contributed by atoms with Crippen LogP contribution in [0.4, 0.5) is 10.1 Å². The molecule has 2 aromatic carbocycles. The lowest BCUT2D eigenvalue weighted by Crippen LogP contribution is -2.47. The van der Waals surface area contributed by atoms with E-state index < -0.39 is 28.5 Å². The number of piperidine rings is 1. The lowest BCUT2D eigenvalue weighted by atomic mass is 10.0. The van der Waals surface area contributed by atoms with E-state index in [0.29, 0.717) is 22.2 Å². The first-order valence-corrected chi connectivity index (χ1v) is 13.0. The van der Waals surface area contributed by atoms with Crippen molar-refractivity contribution in [2.24, 2.45) is 0 Å². The van der Waals surface area contributed by atoms with Gasteiger partial charge in [0.25, 0.3) is 5.91 Å². The summed E-state index contributed by atoms with van der Waals surface area (Å²) in [6.45, 7) is 2.61. The van der Waals surface area contributed by atoms with Gasteiger partial charge < -0.3 is 19.7 Å². The second-order valence-electron chi connectivity index (χ2n) is 8.78. The summed E-state index contributed by atoms with van der Waals surface area (Å²) in [5.74, 6) is -0.906.